The highest BCUT2D eigenvalue weighted by Gasteiger charge is 2.12. The van der Waals surface area contributed by atoms with Gasteiger partial charge in [-0.3, -0.25) is 0 Å². The smallest absolute Gasteiger partial charge is 0.182 e. The fourth-order valence-electron chi connectivity index (χ4n) is 2.08. The lowest BCUT2D eigenvalue weighted by Crippen LogP contribution is -1.99. The predicted molar refractivity (Wildman–Crippen MR) is 73.4 cm³/mol. The van der Waals surface area contributed by atoms with E-state index in [0.29, 0.717) is 17.5 Å². The van der Waals surface area contributed by atoms with E-state index >= 15 is 0 Å². The molecule has 0 bridgehead atoms. The second-order valence-corrected chi connectivity index (χ2v) is 4.71. The first-order valence-electron chi connectivity index (χ1n) is 6.24. The zero-order valence-corrected chi connectivity index (χ0v) is 11.0. The van der Waals surface area contributed by atoms with Crippen LogP contribution in [-0.4, -0.2) is 30.6 Å². The van der Waals surface area contributed by atoms with Crippen LogP contribution in [0.2, 0.25) is 0 Å². The van der Waals surface area contributed by atoms with Crippen molar-refractivity contribution in [1.82, 2.24) is 0 Å². The van der Waals surface area contributed by atoms with Crippen LogP contribution in [-0.2, 0) is 6.42 Å². The Kier molecular flexibility index (Phi) is 4.44. The van der Waals surface area contributed by atoms with E-state index in [1.54, 1.807) is 12.1 Å². The molecule has 0 radical (unpaired) electrons. The molecule has 0 spiro atoms. The molecular weight excluding hydrogens is 276 g/mol. The molecule has 0 fully saturated rings. The first kappa shape index (κ1) is 15.3. The Balaban J connectivity index is 2.30. The lowest BCUT2D eigenvalue weighted by atomic mass is 10.00. The van der Waals surface area contributed by atoms with Crippen LogP contribution in [0.15, 0.2) is 36.4 Å². The van der Waals surface area contributed by atoms with E-state index in [2.05, 4.69) is 0 Å². The number of hydrogen-bond acceptors (Lipinski definition) is 6. The van der Waals surface area contributed by atoms with Gasteiger partial charge in [0.1, 0.15) is 11.5 Å². The quantitative estimate of drug-likeness (QED) is 0.460. The van der Waals surface area contributed by atoms with Gasteiger partial charge in [0.15, 0.2) is 12.6 Å². The molecule has 6 N–H and O–H groups in total. The Hall–Kier alpha value is -2.12. The lowest BCUT2D eigenvalue weighted by Gasteiger charge is -2.11. The molecule has 0 aliphatic heterocycles. The minimum atomic E-state index is -1.78. The van der Waals surface area contributed by atoms with Crippen LogP contribution in [0, 0.1) is 0 Å². The van der Waals surface area contributed by atoms with Crippen LogP contribution < -0.4 is 0 Å². The number of hydrogen-bond donors (Lipinski definition) is 6. The van der Waals surface area contributed by atoms with Crippen molar-refractivity contribution in [3.05, 3.63) is 58.7 Å². The summed E-state index contributed by atoms with van der Waals surface area (Å²) >= 11 is 0. The molecule has 0 saturated carbocycles. The molecule has 0 aliphatic carbocycles. The summed E-state index contributed by atoms with van der Waals surface area (Å²) in [5.74, 6) is -0.433. The van der Waals surface area contributed by atoms with Crippen LogP contribution in [0.1, 0.15) is 34.8 Å². The third kappa shape index (κ3) is 3.50. The molecule has 6 heteroatoms. The monoisotopic (exact) mass is 292 g/mol. The molecule has 112 valence electrons. The van der Waals surface area contributed by atoms with Gasteiger partial charge in [0.05, 0.1) is 0 Å². The van der Waals surface area contributed by atoms with Gasteiger partial charge < -0.3 is 30.6 Å². The predicted octanol–water partition coefficient (Wildman–Crippen LogP) is 0.655. The Bertz CT molecular complexity index is 581. The fourth-order valence-corrected chi connectivity index (χ4v) is 2.08. The first-order chi connectivity index (χ1) is 9.88. The summed E-state index contributed by atoms with van der Waals surface area (Å²) in [5.41, 5.74) is 1.38. The molecule has 0 heterocycles. The zero-order chi connectivity index (χ0) is 15.6. The Labute approximate surface area is 120 Å². The summed E-state index contributed by atoms with van der Waals surface area (Å²) in [7, 11) is 0. The van der Waals surface area contributed by atoms with Crippen LogP contribution in [0.4, 0.5) is 0 Å². The highest BCUT2D eigenvalue weighted by atomic mass is 16.5. The van der Waals surface area contributed by atoms with Crippen molar-refractivity contribution in [2.75, 3.05) is 0 Å². The maximum absolute atomic E-state index is 9.51. The zero-order valence-electron chi connectivity index (χ0n) is 11.0. The van der Waals surface area contributed by atoms with Gasteiger partial charge in [-0.1, -0.05) is 12.1 Å². The number of phenolic OH excluding ortho intramolecular Hbond substituents is 2. The van der Waals surface area contributed by atoms with Crippen molar-refractivity contribution in [2.24, 2.45) is 0 Å². The summed E-state index contributed by atoms with van der Waals surface area (Å²) in [6.45, 7) is 0. The van der Waals surface area contributed by atoms with E-state index in [4.69, 9.17) is 20.4 Å². The van der Waals surface area contributed by atoms with E-state index in [-0.39, 0.29) is 22.6 Å². The fraction of sp³-hybridized carbons (Fsp3) is 0.200. The molecular formula is C15H16O6. The van der Waals surface area contributed by atoms with E-state index < -0.39 is 12.6 Å². The molecule has 6 nitrogen and oxygen atoms in total. The Morgan fingerprint density at radius 2 is 1.05 bits per heavy atom. The highest BCUT2D eigenvalue weighted by molar-refractivity contribution is 5.42. The molecule has 0 amide bonds. The normalized spacial score (nSPS) is 11.3. The largest absolute Gasteiger partial charge is 0.507 e. The summed E-state index contributed by atoms with van der Waals surface area (Å²) < 4.78 is 0. The summed E-state index contributed by atoms with van der Waals surface area (Å²) in [4.78, 5) is 0. The number of aliphatic hydroxyl groups excluding tert-OH is 2. The molecule has 0 aliphatic rings. The summed E-state index contributed by atoms with van der Waals surface area (Å²) in [5, 5.41) is 55.6. The number of aliphatic hydroxyl groups is 4. The highest BCUT2D eigenvalue weighted by Crippen LogP contribution is 2.27. The van der Waals surface area contributed by atoms with E-state index in [1.807, 2.05) is 0 Å². The minimum Gasteiger partial charge on any atom is -0.507 e. The van der Waals surface area contributed by atoms with Crippen molar-refractivity contribution >= 4 is 0 Å². The van der Waals surface area contributed by atoms with Crippen molar-refractivity contribution in [2.45, 2.75) is 19.0 Å². The number of rotatable bonds is 4. The third-order valence-corrected chi connectivity index (χ3v) is 3.15. The van der Waals surface area contributed by atoms with E-state index in [9.17, 15) is 10.2 Å². The summed E-state index contributed by atoms with van der Waals surface area (Å²) in [6, 6.07) is 8.83. The van der Waals surface area contributed by atoms with Gasteiger partial charge in [0.25, 0.3) is 0 Å². The van der Waals surface area contributed by atoms with Crippen molar-refractivity contribution in [3.8, 4) is 11.5 Å². The molecule has 0 saturated heterocycles. The second kappa shape index (κ2) is 6.11. The van der Waals surface area contributed by atoms with Crippen molar-refractivity contribution in [3.63, 3.8) is 0 Å². The van der Waals surface area contributed by atoms with Gasteiger partial charge in [-0.15, -0.1) is 0 Å². The molecule has 2 aromatic rings. The second-order valence-electron chi connectivity index (χ2n) is 4.71. The van der Waals surface area contributed by atoms with Gasteiger partial charge in [-0.2, -0.15) is 0 Å². The average Bonchev–Trinajstić information content (AvgIpc) is 2.42. The van der Waals surface area contributed by atoms with E-state index in [0.717, 1.165) is 0 Å². The van der Waals surface area contributed by atoms with Crippen molar-refractivity contribution in [1.29, 1.82) is 0 Å². The summed E-state index contributed by atoms with van der Waals surface area (Å²) in [6.07, 6.45) is -3.20. The van der Waals surface area contributed by atoms with Gasteiger partial charge in [-0.05, 0) is 41.8 Å². The molecule has 0 unspecified atom stereocenters. The van der Waals surface area contributed by atoms with E-state index in [1.165, 1.54) is 24.3 Å². The van der Waals surface area contributed by atoms with Crippen LogP contribution in [0.3, 0.4) is 0 Å². The number of aromatic hydroxyl groups is 2. The van der Waals surface area contributed by atoms with Gasteiger partial charge in [-0.25, -0.2) is 0 Å². The maximum atomic E-state index is 9.51. The van der Waals surface area contributed by atoms with Crippen LogP contribution in [0.5, 0.6) is 11.5 Å². The average molecular weight is 292 g/mol. The topological polar surface area (TPSA) is 121 Å². The Morgan fingerprint density at radius 1 is 0.667 bits per heavy atom. The van der Waals surface area contributed by atoms with Crippen LogP contribution >= 0.6 is 0 Å². The maximum Gasteiger partial charge on any atom is 0.182 e. The van der Waals surface area contributed by atoms with Gasteiger partial charge >= 0.3 is 0 Å². The van der Waals surface area contributed by atoms with Crippen molar-refractivity contribution < 1.29 is 30.6 Å². The number of benzene rings is 2. The minimum absolute atomic E-state index is 0.00584. The molecule has 2 aromatic carbocycles. The molecule has 0 aromatic heterocycles. The molecule has 21 heavy (non-hydrogen) atoms. The SMILES string of the molecule is Oc1ccc(Cc2ccc(O)c(C(O)O)c2)cc1C(O)O. The Morgan fingerprint density at radius 3 is 1.38 bits per heavy atom. The lowest BCUT2D eigenvalue weighted by molar-refractivity contribution is -0.0445. The third-order valence-electron chi connectivity index (χ3n) is 3.15. The van der Waals surface area contributed by atoms with Gasteiger partial charge in [0.2, 0.25) is 0 Å². The molecule has 0 atom stereocenters. The molecule has 2 rings (SSSR count). The van der Waals surface area contributed by atoms with Crippen LogP contribution in [0.25, 0.3) is 0 Å². The number of phenols is 2. The first-order valence-corrected chi connectivity index (χ1v) is 6.24. The van der Waals surface area contributed by atoms with Gasteiger partial charge in [0, 0.05) is 11.1 Å². The standard InChI is InChI=1S/C15H16O6/c16-12-3-1-8(6-10(12)14(18)19)5-9-2-4-13(17)11(7-9)15(20)21/h1-4,6-7,14-21H,5H2.